The summed E-state index contributed by atoms with van der Waals surface area (Å²) in [5.74, 6) is 0. The molecule has 0 aromatic rings. The van der Waals surface area contributed by atoms with Crippen molar-refractivity contribution in [1.82, 2.24) is 5.43 Å². The average Bonchev–Trinajstić information content (AvgIpc) is 2.26. The Kier molecular flexibility index (Phi) is 6.43. The molecule has 0 heterocycles. The third-order valence-electron chi connectivity index (χ3n) is 2.18. The van der Waals surface area contributed by atoms with E-state index >= 15 is 0 Å². The fourth-order valence-electron chi connectivity index (χ4n) is 1.16. The molecule has 0 saturated carbocycles. The summed E-state index contributed by atoms with van der Waals surface area (Å²) in [6.07, 6.45) is -26.1. The first-order valence-electron chi connectivity index (χ1n) is 5.66. The smallest absolute Gasteiger partial charge is 0.340 e. The molecule has 0 rings (SSSR count). The van der Waals surface area contributed by atoms with Crippen LogP contribution in [0, 0.1) is 0 Å². The molecule has 3 nitrogen and oxygen atoms in total. The Hall–Kier alpha value is -1.41. The highest BCUT2D eigenvalue weighted by Gasteiger charge is 2.74. The van der Waals surface area contributed by atoms with E-state index < -0.39 is 49.2 Å². The summed E-state index contributed by atoms with van der Waals surface area (Å²) in [5.41, 5.74) is -9.55. The predicted molar refractivity (Wildman–Crippen MR) is 53.8 cm³/mol. The zero-order chi connectivity index (χ0) is 19.6. The average molecular weight is 388 g/mol. The number of ether oxygens (including phenoxy) is 1. The summed E-state index contributed by atoms with van der Waals surface area (Å²) in [7, 11) is 0. The molecule has 0 amide bonds. The highest BCUT2D eigenvalue weighted by molar-refractivity contribution is 5.94. The van der Waals surface area contributed by atoms with Crippen LogP contribution in [0.3, 0.4) is 0 Å². The molecular weight excluding hydrogens is 380 g/mol. The van der Waals surface area contributed by atoms with Gasteiger partial charge < -0.3 is 4.74 Å². The predicted octanol–water partition coefficient (Wildman–Crippen LogP) is 4.30. The fourth-order valence-corrected chi connectivity index (χ4v) is 1.16. The van der Waals surface area contributed by atoms with Crippen molar-refractivity contribution in [3.05, 3.63) is 0 Å². The van der Waals surface area contributed by atoms with Crippen LogP contribution in [0.1, 0.15) is 13.3 Å². The van der Waals surface area contributed by atoms with Gasteiger partial charge in [0.2, 0.25) is 5.71 Å². The third kappa shape index (κ3) is 5.04. The van der Waals surface area contributed by atoms with E-state index in [1.807, 2.05) is 0 Å². The minimum absolute atomic E-state index is 0.163. The van der Waals surface area contributed by atoms with Gasteiger partial charge in [-0.05, 0) is 6.42 Å². The minimum atomic E-state index is -6.47. The molecule has 0 unspecified atom stereocenters. The molecule has 1 N–H and O–H groups in total. The second-order valence-electron chi connectivity index (χ2n) is 4.09. The lowest BCUT2D eigenvalue weighted by atomic mass is 10.2. The molecule has 0 spiro atoms. The largest absolute Gasteiger partial charge is 0.447 e. The van der Waals surface area contributed by atoms with Crippen LogP contribution in [-0.2, 0) is 4.74 Å². The first-order chi connectivity index (χ1) is 10.4. The number of hydrogen-bond acceptors (Lipinski definition) is 3. The number of hydrogen-bond donors (Lipinski definition) is 1. The van der Waals surface area contributed by atoms with Crippen LogP contribution in [0.5, 0.6) is 0 Å². The first kappa shape index (κ1) is 22.6. The van der Waals surface area contributed by atoms with Crippen molar-refractivity contribution in [1.29, 1.82) is 0 Å². The van der Waals surface area contributed by atoms with Crippen LogP contribution < -0.4 is 5.43 Å². The highest BCUT2D eigenvalue weighted by Crippen LogP contribution is 2.44. The Morgan fingerprint density at radius 2 is 1.17 bits per heavy atom. The van der Waals surface area contributed by atoms with Crippen molar-refractivity contribution >= 4 is 5.71 Å². The summed E-state index contributed by atoms with van der Waals surface area (Å²) in [6.45, 7) is -0.230. The van der Waals surface area contributed by atoms with Gasteiger partial charge in [0.05, 0.1) is 0 Å². The molecule has 0 radical (unpaired) electrons. The zero-order valence-corrected chi connectivity index (χ0v) is 11.3. The number of nitrogens with zero attached hydrogens (tertiary/aromatic N) is 1. The standard InChI is InChI=1S/C9H8F12N2O/c1-2-3-24-7(8(16,17)18,9(19,20)21)23-22-4(5(10,11)12)6(13,14)15/h23H,2-3H2,1H3. The number of alkyl halides is 12. The minimum Gasteiger partial charge on any atom is -0.340 e. The van der Waals surface area contributed by atoms with E-state index in [9.17, 15) is 52.7 Å². The Bertz CT molecular complexity index is 413. The summed E-state index contributed by atoms with van der Waals surface area (Å²) in [4.78, 5) is 0. The lowest BCUT2D eigenvalue weighted by Crippen LogP contribution is -2.67. The second-order valence-corrected chi connectivity index (χ2v) is 4.09. The van der Waals surface area contributed by atoms with Crippen molar-refractivity contribution in [3.8, 4) is 0 Å². The van der Waals surface area contributed by atoms with Crippen molar-refractivity contribution in [2.75, 3.05) is 6.61 Å². The van der Waals surface area contributed by atoms with Crippen molar-refractivity contribution in [3.63, 3.8) is 0 Å². The Balaban J connectivity index is 6.15. The molecule has 0 saturated heterocycles. The van der Waals surface area contributed by atoms with Gasteiger partial charge in [0.1, 0.15) is 0 Å². The number of halogens is 12. The van der Waals surface area contributed by atoms with Crippen LogP contribution in [0.25, 0.3) is 0 Å². The van der Waals surface area contributed by atoms with Gasteiger partial charge in [0.15, 0.2) is 0 Å². The number of nitrogens with one attached hydrogen (secondary N) is 1. The van der Waals surface area contributed by atoms with E-state index in [1.54, 1.807) is 0 Å². The lowest BCUT2D eigenvalue weighted by Gasteiger charge is -2.36. The monoisotopic (exact) mass is 388 g/mol. The molecular formula is C9H8F12N2O. The van der Waals surface area contributed by atoms with Gasteiger partial charge in [-0.25, -0.2) is 0 Å². The van der Waals surface area contributed by atoms with Crippen molar-refractivity contribution in [2.24, 2.45) is 5.10 Å². The fraction of sp³-hybridized carbons (Fsp3) is 0.889. The molecule has 0 aliphatic heterocycles. The number of hydrazone groups is 1. The number of rotatable bonds is 5. The molecule has 0 bridgehead atoms. The Morgan fingerprint density at radius 1 is 0.792 bits per heavy atom. The van der Waals surface area contributed by atoms with Gasteiger partial charge in [-0.2, -0.15) is 57.8 Å². The molecule has 0 aromatic carbocycles. The van der Waals surface area contributed by atoms with E-state index in [2.05, 4.69) is 4.74 Å². The summed E-state index contributed by atoms with van der Waals surface area (Å²) in [5, 5.41) is 1.28. The summed E-state index contributed by atoms with van der Waals surface area (Å²) in [6, 6.07) is 0. The topological polar surface area (TPSA) is 33.6 Å². The van der Waals surface area contributed by atoms with Crippen molar-refractivity contribution in [2.45, 2.75) is 43.8 Å². The van der Waals surface area contributed by atoms with Gasteiger partial charge in [0.25, 0.3) is 0 Å². The van der Waals surface area contributed by atoms with Crippen LogP contribution in [-0.4, -0.2) is 42.7 Å². The summed E-state index contributed by atoms with van der Waals surface area (Å²) < 4.78 is 153. The van der Waals surface area contributed by atoms with Gasteiger partial charge >= 0.3 is 30.4 Å². The maximum Gasteiger partial charge on any atom is 0.447 e. The van der Waals surface area contributed by atoms with Gasteiger partial charge in [0, 0.05) is 6.61 Å². The van der Waals surface area contributed by atoms with Crippen LogP contribution >= 0.6 is 0 Å². The zero-order valence-electron chi connectivity index (χ0n) is 11.3. The molecule has 24 heavy (non-hydrogen) atoms. The van der Waals surface area contributed by atoms with Crippen molar-refractivity contribution < 1.29 is 57.4 Å². The van der Waals surface area contributed by atoms with Crippen LogP contribution in [0.2, 0.25) is 0 Å². The van der Waals surface area contributed by atoms with Gasteiger partial charge in [-0.3, -0.25) is 5.43 Å². The van der Waals surface area contributed by atoms with Crippen LogP contribution in [0.15, 0.2) is 5.10 Å². The van der Waals surface area contributed by atoms with E-state index in [4.69, 9.17) is 0 Å². The molecule has 0 aliphatic carbocycles. The normalized spacial score (nSPS) is 14.5. The Labute approximate surface area is 125 Å². The first-order valence-corrected chi connectivity index (χ1v) is 5.66. The van der Waals surface area contributed by atoms with E-state index in [0.29, 0.717) is 0 Å². The summed E-state index contributed by atoms with van der Waals surface area (Å²) >= 11 is 0. The molecule has 0 aromatic heterocycles. The van der Waals surface area contributed by atoms with E-state index in [-0.39, 0.29) is 5.43 Å². The van der Waals surface area contributed by atoms with Gasteiger partial charge in [-0.1, -0.05) is 6.92 Å². The molecule has 15 heteroatoms. The van der Waals surface area contributed by atoms with E-state index in [1.165, 1.54) is 5.10 Å². The SMILES string of the molecule is CCCOC(NN=C(C(F)(F)F)C(F)(F)F)(C(F)(F)F)C(F)(F)F. The second kappa shape index (κ2) is 6.84. The Morgan fingerprint density at radius 3 is 1.42 bits per heavy atom. The quantitative estimate of drug-likeness (QED) is 0.330. The third-order valence-corrected chi connectivity index (χ3v) is 2.18. The molecule has 144 valence electrons. The maximum absolute atomic E-state index is 12.7. The lowest BCUT2D eigenvalue weighted by molar-refractivity contribution is -0.392. The highest BCUT2D eigenvalue weighted by atomic mass is 19.4. The molecule has 0 atom stereocenters. The maximum atomic E-state index is 12.7. The molecule has 0 aliphatic rings. The van der Waals surface area contributed by atoms with Crippen LogP contribution in [0.4, 0.5) is 52.7 Å². The van der Waals surface area contributed by atoms with Gasteiger partial charge in [-0.15, -0.1) is 0 Å². The van der Waals surface area contributed by atoms with E-state index in [0.717, 1.165) is 6.92 Å². The molecule has 0 fully saturated rings.